The maximum Gasteiger partial charge on any atom is 0.326 e. The van der Waals surface area contributed by atoms with Crippen LogP contribution in [0.2, 0.25) is 0 Å². The molecule has 16 N–H and O–H groups in total. The molecule has 0 aliphatic heterocycles. The summed E-state index contributed by atoms with van der Waals surface area (Å²) in [5.41, 5.74) is 28.8. The van der Waals surface area contributed by atoms with Crippen LogP contribution in [0.5, 0.6) is 0 Å². The number of carboxylic acid groups (broad SMARTS) is 2. The van der Waals surface area contributed by atoms with Crippen molar-refractivity contribution in [2.24, 2.45) is 38.7 Å². The number of H-pyrrole nitrogens is 1. The van der Waals surface area contributed by atoms with Gasteiger partial charge >= 0.3 is 11.9 Å². The first-order valence-corrected chi connectivity index (χ1v) is 14.6. The van der Waals surface area contributed by atoms with Crippen molar-refractivity contribution >= 4 is 52.5 Å². The van der Waals surface area contributed by atoms with Gasteiger partial charge in [0, 0.05) is 43.0 Å². The number of hydrogen-bond acceptors (Lipinski definition) is 8. The highest BCUT2D eigenvalue weighted by Crippen LogP contribution is 2.19. The average molecular weight is 646 g/mol. The summed E-state index contributed by atoms with van der Waals surface area (Å²) >= 11 is 0. The van der Waals surface area contributed by atoms with Gasteiger partial charge in [0.05, 0.1) is 6.04 Å². The fourth-order valence-corrected chi connectivity index (χ4v) is 4.50. The molecule has 252 valence electrons. The third-order valence-corrected chi connectivity index (χ3v) is 6.88. The second-order valence-electron chi connectivity index (χ2n) is 10.5. The van der Waals surface area contributed by atoms with E-state index in [1.165, 1.54) is 0 Å². The van der Waals surface area contributed by atoms with Crippen molar-refractivity contribution in [3.05, 3.63) is 36.0 Å². The van der Waals surface area contributed by atoms with Crippen LogP contribution < -0.4 is 44.6 Å². The van der Waals surface area contributed by atoms with E-state index in [1.807, 2.05) is 24.3 Å². The van der Waals surface area contributed by atoms with Crippen LogP contribution in [0.1, 0.15) is 44.1 Å². The van der Waals surface area contributed by atoms with E-state index in [0.29, 0.717) is 5.56 Å². The van der Waals surface area contributed by atoms with Crippen LogP contribution in [-0.2, 0) is 30.4 Å². The van der Waals surface area contributed by atoms with Gasteiger partial charge in [-0.15, -0.1) is 0 Å². The average Bonchev–Trinajstić information content (AvgIpc) is 3.40. The zero-order chi connectivity index (χ0) is 34.2. The second-order valence-corrected chi connectivity index (χ2v) is 10.5. The first-order chi connectivity index (χ1) is 21.8. The van der Waals surface area contributed by atoms with Crippen molar-refractivity contribution in [2.75, 3.05) is 13.1 Å². The van der Waals surface area contributed by atoms with Crippen LogP contribution in [0.25, 0.3) is 10.9 Å². The first kappa shape index (κ1) is 36.8. The Morgan fingerprint density at radius 2 is 1.28 bits per heavy atom. The number of rotatable bonds is 20. The monoisotopic (exact) mass is 645 g/mol. The van der Waals surface area contributed by atoms with Gasteiger partial charge in [-0.3, -0.25) is 29.2 Å². The van der Waals surface area contributed by atoms with Crippen LogP contribution in [-0.4, -0.2) is 94.0 Å². The molecule has 0 saturated heterocycles. The summed E-state index contributed by atoms with van der Waals surface area (Å²) in [7, 11) is 0. The lowest BCUT2D eigenvalue weighted by Gasteiger charge is -2.25. The minimum Gasteiger partial charge on any atom is -0.481 e. The van der Waals surface area contributed by atoms with Crippen LogP contribution in [0.15, 0.2) is 40.4 Å². The van der Waals surface area contributed by atoms with Crippen molar-refractivity contribution in [3.63, 3.8) is 0 Å². The zero-order valence-electron chi connectivity index (χ0n) is 25.3. The topological polar surface area (TPSA) is 333 Å². The lowest BCUT2D eigenvalue weighted by atomic mass is 10.0. The number of aliphatic carboxylic acids is 2. The molecule has 0 radical (unpaired) electrons. The van der Waals surface area contributed by atoms with E-state index < -0.39 is 53.8 Å². The standard InChI is InChI=1S/C28H43N11O7/c29-17(9-10-22(40)41)23(42)37-19(7-3-11-34-27(30)31)24(43)38-20(8-4-12-35-28(32)33)25(44)39-21(26(45)46)13-15-14-36-18-6-2-1-5-16(15)18/h1-2,5-6,14,17,19-21,36H,3-4,7-13,29H2,(H,37,42)(H,38,43)(H,39,44)(H,40,41)(H,45,46)(H4,30,31,34)(H4,32,33,35). The Balaban J connectivity index is 2.24. The number of hydrogen-bond donors (Lipinski definition) is 11. The summed E-state index contributed by atoms with van der Waals surface area (Å²) < 4.78 is 0. The van der Waals surface area contributed by atoms with Gasteiger partial charge in [-0.2, -0.15) is 0 Å². The van der Waals surface area contributed by atoms with Gasteiger partial charge in [-0.1, -0.05) is 18.2 Å². The van der Waals surface area contributed by atoms with E-state index in [2.05, 4.69) is 30.9 Å². The van der Waals surface area contributed by atoms with Gasteiger partial charge in [0.1, 0.15) is 18.1 Å². The van der Waals surface area contributed by atoms with Crippen LogP contribution in [0.3, 0.4) is 0 Å². The first-order valence-electron chi connectivity index (χ1n) is 14.6. The Hall–Kier alpha value is -5.39. The number of para-hydroxylation sites is 1. The molecule has 4 unspecified atom stereocenters. The van der Waals surface area contributed by atoms with Gasteiger partial charge < -0.3 is 59.8 Å². The highest BCUT2D eigenvalue weighted by Gasteiger charge is 2.30. The summed E-state index contributed by atoms with van der Waals surface area (Å²) in [6.07, 6.45) is 1.60. The summed E-state index contributed by atoms with van der Waals surface area (Å²) in [5.74, 6) is -5.10. The summed E-state index contributed by atoms with van der Waals surface area (Å²) in [6.45, 7) is 0.250. The summed E-state index contributed by atoms with van der Waals surface area (Å²) in [6, 6.07) is 2.27. The van der Waals surface area contributed by atoms with Gasteiger partial charge in [0.15, 0.2) is 11.9 Å². The highest BCUT2D eigenvalue weighted by atomic mass is 16.4. The number of aliphatic imine (C=N–C) groups is 2. The molecule has 46 heavy (non-hydrogen) atoms. The Labute approximate surface area is 264 Å². The molecule has 0 saturated carbocycles. The van der Waals surface area contributed by atoms with Crippen molar-refractivity contribution < 1.29 is 34.2 Å². The molecular weight excluding hydrogens is 602 g/mol. The molecule has 0 fully saturated rings. The number of carbonyl (C=O) groups excluding carboxylic acids is 3. The lowest BCUT2D eigenvalue weighted by molar-refractivity contribution is -0.142. The fourth-order valence-electron chi connectivity index (χ4n) is 4.50. The Morgan fingerprint density at radius 1 is 0.761 bits per heavy atom. The summed E-state index contributed by atoms with van der Waals surface area (Å²) in [5, 5.41) is 27.2. The minimum atomic E-state index is -1.34. The number of aromatic amines is 1. The number of amides is 3. The number of aromatic nitrogens is 1. The van der Waals surface area contributed by atoms with Gasteiger partial charge in [-0.25, -0.2) is 4.79 Å². The molecule has 2 rings (SSSR count). The molecule has 4 atom stereocenters. The molecule has 1 heterocycles. The fraction of sp³-hybridized carbons (Fsp3) is 0.464. The number of carboxylic acids is 2. The van der Waals surface area contributed by atoms with Crippen LogP contribution in [0.4, 0.5) is 0 Å². The van der Waals surface area contributed by atoms with E-state index in [0.717, 1.165) is 10.9 Å². The molecule has 1 aromatic carbocycles. The van der Waals surface area contributed by atoms with E-state index in [9.17, 15) is 29.1 Å². The molecule has 18 nitrogen and oxygen atoms in total. The van der Waals surface area contributed by atoms with Gasteiger partial charge in [0.25, 0.3) is 0 Å². The molecule has 3 amide bonds. The van der Waals surface area contributed by atoms with Crippen molar-refractivity contribution in [3.8, 4) is 0 Å². The van der Waals surface area contributed by atoms with Crippen molar-refractivity contribution in [2.45, 2.75) is 69.1 Å². The summed E-state index contributed by atoms with van der Waals surface area (Å²) in [4.78, 5) is 73.5. The van der Waals surface area contributed by atoms with Gasteiger partial charge in [-0.05, 0) is 43.7 Å². The third-order valence-electron chi connectivity index (χ3n) is 6.88. The van der Waals surface area contributed by atoms with Crippen LogP contribution >= 0.6 is 0 Å². The molecule has 0 spiro atoms. The van der Waals surface area contributed by atoms with E-state index in [1.54, 1.807) is 6.20 Å². The zero-order valence-corrected chi connectivity index (χ0v) is 25.3. The molecule has 18 heteroatoms. The normalized spacial score (nSPS) is 13.4. The molecule has 1 aromatic heterocycles. The molecule has 0 aliphatic rings. The predicted octanol–water partition coefficient (Wildman–Crippen LogP) is -2.45. The molecule has 2 aromatic rings. The number of guanidine groups is 2. The van der Waals surface area contributed by atoms with Crippen LogP contribution in [0, 0.1) is 0 Å². The van der Waals surface area contributed by atoms with E-state index in [-0.39, 0.29) is 70.0 Å². The number of nitrogens with one attached hydrogen (secondary N) is 4. The second kappa shape index (κ2) is 18.4. The van der Waals surface area contributed by atoms with Crippen molar-refractivity contribution in [1.82, 2.24) is 20.9 Å². The minimum absolute atomic E-state index is 0.0145. The SMILES string of the molecule is NC(N)=NCCCC(NC(=O)C(N)CCC(=O)O)C(=O)NC(CCCN=C(N)N)C(=O)NC(Cc1c[nH]c2ccccc12)C(=O)O. The number of nitrogens with two attached hydrogens (primary N) is 5. The number of carbonyl (C=O) groups is 5. The highest BCUT2D eigenvalue weighted by molar-refractivity contribution is 5.94. The number of nitrogens with zero attached hydrogens (tertiary/aromatic N) is 2. The quantitative estimate of drug-likeness (QED) is 0.0406. The number of fused-ring (bicyclic) bond motifs is 1. The smallest absolute Gasteiger partial charge is 0.326 e. The number of benzene rings is 1. The maximum absolute atomic E-state index is 13.5. The van der Waals surface area contributed by atoms with Gasteiger partial charge in [0.2, 0.25) is 17.7 Å². The van der Waals surface area contributed by atoms with E-state index >= 15 is 0 Å². The lowest BCUT2D eigenvalue weighted by Crippen LogP contribution is -2.57. The Bertz CT molecular complexity index is 1420. The Kier molecular flexibility index (Phi) is 14.7. The maximum atomic E-state index is 13.5. The Morgan fingerprint density at radius 3 is 1.80 bits per heavy atom. The largest absolute Gasteiger partial charge is 0.481 e. The molecule has 0 bridgehead atoms. The molecular formula is C28H43N11O7. The predicted molar refractivity (Wildman–Crippen MR) is 170 cm³/mol. The van der Waals surface area contributed by atoms with E-state index in [4.69, 9.17) is 33.8 Å². The molecule has 0 aliphatic carbocycles. The van der Waals surface area contributed by atoms with Crippen molar-refractivity contribution in [1.29, 1.82) is 0 Å². The third kappa shape index (κ3) is 12.7.